The van der Waals surface area contributed by atoms with Crippen LogP contribution in [0.5, 0.6) is 0 Å². The third-order valence-electron chi connectivity index (χ3n) is 4.06. The average Bonchev–Trinajstić information content (AvgIpc) is 2.78. The summed E-state index contributed by atoms with van der Waals surface area (Å²) < 4.78 is 0. The van der Waals surface area contributed by atoms with Crippen LogP contribution in [0.1, 0.15) is 39.0 Å². The van der Waals surface area contributed by atoms with Gasteiger partial charge in [-0.05, 0) is 43.9 Å². The van der Waals surface area contributed by atoms with E-state index in [1.807, 2.05) is 6.07 Å². The Morgan fingerprint density at radius 1 is 1.53 bits per heavy atom. The van der Waals surface area contributed by atoms with Crippen molar-refractivity contribution < 1.29 is 4.79 Å². The van der Waals surface area contributed by atoms with E-state index in [0.29, 0.717) is 5.92 Å². The van der Waals surface area contributed by atoms with Crippen molar-refractivity contribution >= 4 is 5.91 Å². The van der Waals surface area contributed by atoms with Crippen LogP contribution in [0, 0.1) is 29.1 Å². The minimum atomic E-state index is -0.118. The molecule has 2 aliphatic carbocycles. The van der Waals surface area contributed by atoms with Gasteiger partial charge in [0.1, 0.15) is 6.42 Å². The smallest absolute Gasteiger partial charge is 0.234 e. The number of nitrogens with zero attached hydrogens (tertiary/aromatic N) is 1. The number of carbonyl (C=O) groups excluding carboxylic acids is 1. The van der Waals surface area contributed by atoms with Gasteiger partial charge >= 0.3 is 0 Å². The van der Waals surface area contributed by atoms with E-state index in [1.165, 1.54) is 25.7 Å². The van der Waals surface area contributed by atoms with E-state index >= 15 is 0 Å². The van der Waals surface area contributed by atoms with Crippen molar-refractivity contribution in [3.05, 3.63) is 0 Å². The summed E-state index contributed by atoms with van der Waals surface area (Å²) in [6.07, 6.45) is 5.36. The molecule has 0 aromatic heterocycles. The Hall–Kier alpha value is -1.04. The molecule has 4 atom stereocenters. The normalized spacial score (nSPS) is 34.8. The number of nitrogens with one attached hydrogen (secondary N) is 1. The maximum atomic E-state index is 11.3. The zero-order valence-corrected chi connectivity index (χ0v) is 9.20. The van der Waals surface area contributed by atoms with E-state index in [1.54, 1.807) is 0 Å². The highest BCUT2D eigenvalue weighted by Gasteiger charge is 2.41. The van der Waals surface area contributed by atoms with Gasteiger partial charge in [-0.25, -0.2) is 0 Å². The fourth-order valence-corrected chi connectivity index (χ4v) is 3.39. The van der Waals surface area contributed by atoms with Gasteiger partial charge < -0.3 is 5.32 Å². The van der Waals surface area contributed by atoms with Crippen LogP contribution in [0.25, 0.3) is 0 Å². The van der Waals surface area contributed by atoms with E-state index in [4.69, 9.17) is 5.26 Å². The molecule has 1 amide bonds. The Labute approximate surface area is 90.8 Å². The zero-order valence-electron chi connectivity index (χ0n) is 9.20. The maximum absolute atomic E-state index is 11.3. The fraction of sp³-hybridized carbons (Fsp3) is 0.833. The Morgan fingerprint density at radius 2 is 2.33 bits per heavy atom. The van der Waals surface area contributed by atoms with Crippen molar-refractivity contribution in [1.29, 1.82) is 5.26 Å². The molecule has 0 unspecified atom stereocenters. The highest BCUT2D eigenvalue weighted by atomic mass is 16.1. The maximum Gasteiger partial charge on any atom is 0.234 e. The average molecular weight is 206 g/mol. The lowest BCUT2D eigenvalue weighted by atomic mass is 9.84. The number of amides is 1. The lowest BCUT2D eigenvalue weighted by molar-refractivity contribution is -0.121. The Balaban J connectivity index is 1.84. The van der Waals surface area contributed by atoms with Crippen molar-refractivity contribution in [2.45, 2.75) is 45.1 Å². The first-order chi connectivity index (χ1) is 7.20. The molecule has 2 bridgehead atoms. The highest BCUT2D eigenvalue weighted by molar-refractivity contribution is 5.78. The standard InChI is InChI=1S/C12H18N2O/c1-8(14-12(15)4-5-13)11-7-9-2-3-10(11)6-9/h8-11H,2-4,6-7H2,1H3,(H,14,15)/t8-,9-,10-,11+/m1/s1. The molecule has 0 aliphatic heterocycles. The first-order valence-electron chi connectivity index (χ1n) is 5.87. The number of hydrogen-bond acceptors (Lipinski definition) is 2. The molecular formula is C12H18N2O. The third-order valence-corrected chi connectivity index (χ3v) is 4.06. The van der Waals surface area contributed by atoms with E-state index in [0.717, 1.165) is 11.8 Å². The van der Waals surface area contributed by atoms with Crippen molar-refractivity contribution in [1.82, 2.24) is 5.32 Å². The highest BCUT2D eigenvalue weighted by Crippen LogP contribution is 2.49. The van der Waals surface area contributed by atoms with Crippen LogP contribution in [0.4, 0.5) is 0 Å². The molecule has 2 fully saturated rings. The number of hydrogen-bond donors (Lipinski definition) is 1. The molecule has 0 heterocycles. The van der Waals surface area contributed by atoms with Crippen molar-refractivity contribution in [2.24, 2.45) is 17.8 Å². The second-order valence-corrected chi connectivity index (χ2v) is 5.03. The van der Waals surface area contributed by atoms with Gasteiger partial charge in [-0.1, -0.05) is 6.42 Å². The van der Waals surface area contributed by atoms with Crippen molar-refractivity contribution in [3.63, 3.8) is 0 Å². The molecule has 0 aromatic carbocycles. The zero-order chi connectivity index (χ0) is 10.8. The van der Waals surface area contributed by atoms with Gasteiger partial charge in [0.2, 0.25) is 5.91 Å². The topological polar surface area (TPSA) is 52.9 Å². The molecule has 0 saturated heterocycles. The summed E-state index contributed by atoms with van der Waals surface area (Å²) in [5.74, 6) is 2.28. The molecule has 2 rings (SSSR count). The Bertz CT molecular complexity index is 294. The van der Waals surface area contributed by atoms with Gasteiger partial charge in [-0.15, -0.1) is 0 Å². The van der Waals surface area contributed by atoms with Crippen molar-refractivity contribution in [2.75, 3.05) is 0 Å². The Kier molecular flexibility index (Phi) is 2.95. The van der Waals surface area contributed by atoms with Crippen LogP contribution in [-0.4, -0.2) is 11.9 Å². The second kappa shape index (κ2) is 4.22. The van der Waals surface area contributed by atoms with E-state index in [2.05, 4.69) is 12.2 Å². The molecule has 15 heavy (non-hydrogen) atoms. The van der Waals surface area contributed by atoms with E-state index in [9.17, 15) is 4.79 Å². The van der Waals surface area contributed by atoms with Crippen LogP contribution >= 0.6 is 0 Å². The third kappa shape index (κ3) is 2.14. The predicted molar refractivity (Wildman–Crippen MR) is 56.8 cm³/mol. The minimum Gasteiger partial charge on any atom is -0.352 e. The molecule has 2 saturated carbocycles. The van der Waals surface area contributed by atoms with E-state index < -0.39 is 0 Å². The van der Waals surface area contributed by atoms with Crippen molar-refractivity contribution in [3.8, 4) is 6.07 Å². The van der Waals surface area contributed by atoms with Gasteiger partial charge in [-0.2, -0.15) is 5.26 Å². The molecular weight excluding hydrogens is 188 g/mol. The minimum absolute atomic E-state index is 0.00877. The lowest BCUT2D eigenvalue weighted by Crippen LogP contribution is -2.39. The summed E-state index contributed by atoms with van der Waals surface area (Å²) in [7, 11) is 0. The predicted octanol–water partition coefficient (Wildman–Crippen LogP) is 1.84. The number of nitriles is 1. The van der Waals surface area contributed by atoms with Crippen LogP contribution in [0.2, 0.25) is 0 Å². The SMILES string of the molecule is C[C@@H](NC(=O)CC#N)[C@@H]1C[C@@H]2CC[C@@H]1C2. The summed E-state index contributed by atoms with van der Waals surface area (Å²) in [5.41, 5.74) is 0. The van der Waals surface area contributed by atoms with Crippen LogP contribution in [0.3, 0.4) is 0 Å². The monoisotopic (exact) mass is 206 g/mol. The first kappa shape index (κ1) is 10.5. The molecule has 0 spiro atoms. The van der Waals surface area contributed by atoms with Gasteiger partial charge in [0.15, 0.2) is 0 Å². The summed E-state index contributed by atoms with van der Waals surface area (Å²) >= 11 is 0. The molecule has 3 nitrogen and oxygen atoms in total. The number of carbonyl (C=O) groups is 1. The van der Waals surface area contributed by atoms with Crippen LogP contribution in [-0.2, 0) is 4.79 Å². The lowest BCUT2D eigenvalue weighted by Gasteiger charge is -2.28. The number of fused-ring (bicyclic) bond motifs is 2. The molecule has 3 heteroatoms. The van der Waals surface area contributed by atoms with Gasteiger partial charge in [0.05, 0.1) is 6.07 Å². The first-order valence-corrected chi connectivity index (χ1v) is 5.87. The van der Waals surface area contributed by atoms with Crippen LogP contribution < -0.4 is 5.32 Å². The Morgan fingerprint density at radius 3 is 2.87 bits per heavy atom. The molecule has 0 aromatic rings. The van der Waals surface area contributed by atoms with Gasteiger partial charge in [0, 0.05) is 6.04 Å². The second-order valence-electron chi connectivity index (χ2n) is 5.03. The quantitative estimate of drug-likeness (QED) is 0.766. The number of rotatable bonds is 3. The summed E-state index contributed by atoms with van der Waals surface area (Å²) in [5, 5.41) is 11.4. The van der Waals surface area contributed by atoms with Crippen LogP contribution in [0.15, 0.2) is 0 Å². The summed E-state index contributed by atoms with van der Waals surface area (Å²) in [4.78, 5) is 11.3. The van der Waals surface area contributed by atoms with E-state index in [-0.39, 0.29) is 18.4 Å². The fourth-order valence-electron chi connectivity index (χ4n) is 3.39. The van der Waals surface area contributed by atoms with Gasteiger partial charge in [-0.3, -0.25) is 4.79 Å². The largest absolute Gasteiger partial charge is 0.352 e. The molecule has 2 aliphatic rings. The van der Waals surface area contributed by atoms with Gasteiger partial charge in [0.25, 0.3) is 0 Å². The molecule has 82 valence electrons. The molecule has 1 N–H and O–H groups in total. The summed E-state index contributed by atoms with van der Waals surface area (Å²) in [6, 6.07) is 2.14. The molecule has 0 radical (unpaired) electrons. The summed E-state index contributed by atoms with van der Waals surface area (Å²) in [6.45, 7) is 2.08.